The molecule has 1 nitrogen and oxygen atoms in total. The van der Waals surface area contributed by atoms with E-state index in [9.17, 15) is 0 Å². The van der Waals surface area contributed by atoms with E-state index in [-0.39, 0.29) is 10.8 Å². The molecule has 1 aromatic carbocycles. The molecule has 0 saturated carbocycles. The van der Waals surface area contributed by atoms with Gasteiger partial charge in [-0.15, -0.1) is 0 Å². The highest BCUT2D eigenvalue weighted by atomic mass is 15.1. The van der Waals surface area contributed by atoms with Gasteiger partial charge in [-0.05, 0) is 84.3 Å². The summed E-state index contributed by atoms with van der Waals surface area (Å²) < 4.78 is 0. The van der Waals surface area contributed by atoms with E-state index in [4.69, 9.17) is 0 Å². The van der Waals surface area contributed by atoms with Crippen molar-refractivity contribution in [1.82, 2.24) is 4.90 Å². The van der Waals surface area contributed by atoms with Crippen LogP contribution in [0.5, 0.6) is 0 Å². The largest absolute Gasteiger partial charge is 0.306 e. The molecule has 1 aromatic rings. The predicted octanol–water partition coefficient (Wildman–Crippen LogP) is 5.19. The molecule has 1 spiro atoms. The van der Waals surface area contributed by atoms with Crippen molar-refractivity contribution in [2.45, 2.75) is 83.5 Å². The van der Waals surface area contributed by atoms with Crippen molar-refractivity contribution in [3.63, 3.8) is 0 Å². The first-order chi connectivity index (χ1) is 10.5. The number of likely N-dealkylation sites (tertiary alicyclic amines) is 1. The number of piperidine rings is 1. The van der Waals surface area contributed by atoms with Gasteiger partial charge in [0.2, 0.25) is 0 Å². The molecule has 1 fully saturated rings. The Hall–Kier alpha value is -0.820. The van der Waals surface area contributed by atoms with E-state index in [1.54, 1.807) is 22.3 Å². The number of fused-ring (bicyclic) bond motifs is 2. The van der Waals surface area contributed by atoms with Crippen molar-refractivity contribution in [2.24, 2.45) is 0 Å². The standard InChI is InChI=1S/C22H35N/c1-20(2,3)17-8-9-18(21(4,5)6)19-16(17)10-11-22(19)12-14-23(7)15-13-22/h8-9H,10-15H2,1-7H3. The van der Waals surface area contributed by atoms with Gasteiger partial charge in [-0.3, -0.25) is 0 Å². The molecule has 0 atom stereocenters. The van der Waals surface area contributed by atoms with Gasteiger partial charge in [-0.2, -0.15) is 0 Å². The van der Waals surface area contributed by atoms with E-state index < -0.39 is 0 Å². The molecular formula is C22H35N. The maximum Gasteiger partial charge on any atom is -0.00133 e. The molecule has 0 aromatic heterocycles. The second-order valence-electron chi connectivity index (χ2n) is 10.1. The van der Waals surface area contributed by atoms with Crippen LogP contribution in [-0.4, -0.2) is 25.0 Å². The van der Waals surface area contributed by atoms with Gasteiger partial charge < -0.3 is 4.90 Å². The summed E-state index contributed by atoms with van der Waals surface area (Å²) in [4.78, 5) is 2.51. The minimum absolute atomic E-state index is 0.237. The summed E-state index contributed by atoms with van der Waals surface area (Å²) in [6, 6.07) is 4.90. The zero-order valence-electron chi connectivity index (χ0n) is 16.3. The van der Waals surface area contributed by atoms with Crippen molar-refractivity contribution in [2.75, 3.05) is 20.1 Å². The molecule has 1 heterocycles. The first-order valence-electron chi connectivity index (χ1n) is 9.40. The monoisotopic (exact) mass is 313 g/mol. The average molecular weight is 314 g/mol. The van der Waals surface area contributed by atoms with Crippen LogP contribution in [0.25, 0.3) is 0 Å². The molecule has 3 rings (SSSR count). The Labute approximate surface area is 143 Å². The smallest absolute Gasteiger partial charge is 0.00133 e. The number of hydrogen-bond acceptors (Lipinski definition) is 1. The van der Waals surface area contributed by atoms with Crippen molar-refractivity contribution in [1.29, 1.82) is 0 Å². The Morgan fingerprint density at radius 3 is 1.87 bits per heavy atom. The SMILES string of the molecule is CN1CCC2(CCc3c(C(C)(C)C)ccc(C(C)(C)C)c32)CC1. The van der Waals surface area contributed by atoms with Gasteiger partial charge in [0, 0.05) is 0 Å². The van der Waals surface area contributed by atoms with Crippen LogP contribution >= 0.6 is 0 Å². The van der Waals surface area contributed by atoms with E-state index in [1.165, 1.54) is 38.8 Å². The Bertz CT molecular complexity index is 590. The van der Waals surface area contributed by atoms with Crippen LogP contribution in [0.3, 0.4) is 0 Å². The lowest BCUT2D eigenvalue weighted by Crippen LogP contribution is -2.40. The molecule has 128 valence electrons. The molecule has 1 heteroatoms. The average Bonchev–Trinajstić information content (AvgIpc) is 2.79. The lowest BCUT2D eigenvalue weighted by Gasteiger charge is -2.41. The zero-order chi connectivity index (χ0) is 17.0. The fourth-order valence-corrected chi connectivity index (χ4v) is 4.88. The van der Waals surface area contributed by atoms with Crippen LogP contribution in [0.2, 0.25) is 0 Å². The molecule has 1 saturated heterocycles. The fraction of sp³-hybridized carbons (Fsp3) is 0.727. The van der Waals surface area contributed by atoms with Crippen LogP contribution in [-0.2, 0) is 22.7 Å². The third kappa shape index (κ3) is 2.86. The number of hydrogen-bond donors (Lipinski definition) is 0. The molecule has 0 amide bonds. The van der Waals surface area contributed by atoms with Crippen molar-refractivity contribution < 1.29 is 0 Å². The summed E-state index contributed by atoms with van der Waals surface area (Å²) in [5.41, 5.74) is 7.60. The Morgan fingerprint density at radius 2 is 1.35 bits per heavy atom. The number of nitrogens with zero attached hydrogens (tertiary/aromatic N) is 1. The number of benzene rings is 1. The Kier molecular flexibility index (Phi) is 3.95. The highest BCUT2D eigenvalue weighted by molar-refractivity contribution is 5.53. The summed E-state index contributed by atoms with van der Waals surface area (Å²) in [6.07, 6.45) is 5.34. The fourth-order valence-electron chi connectivity index (χ4n) is 4.88. The molecule has 0 radical (unpaired) electrons. The minimum Gasteiger partial charge on any atom is -0.306 e. The van der Waals surface area contributed by atoms with E-state index in [2.05, 4.69) is 65.6 Å². The van der Waals surface area contributed by atoms with Gasteiger partial charge >= 0.3 is 0 Å². The van der Waals surface area contributed by atoms with E-state index in [0.717, 1.165) is 0 Å². The van der Waals surface area contributed by atoms with Crippen LogP contribution in [0.1, 0.15) is 83.1 Å². The van der Waals surface area contributed by atoms with Crippen molar-refractivity contribution >= 4 is 0 Å². The lowest BCUT2D eigenvalue weighted by atomic mass is 9.67. The first-order valence-corrected chi connectivity index (χ1v) is 9.40. The summed E-state index contributed by atoms with van der Waals surface area (Å²) in [5.74, 6) is 0. The molecule has 1 aliphatic heterocycles. The molecule has 0 N–H and O–H groups in total. The van der Waals surface area contributed by atoms with E-state index in [1.807, 2.05) is 0 Å². The zero-order valence-corrected chi connectivity index (χ0v) is 16.3. The van der Waals surface area contributed by atoms with Crippen LogP contribution in [0.4, 0.5) is 0 Å². The maximum absolute atomic E-state index is 2.51. The van der Waals surface area contributed by atoms with E-state index in [0.29, 0.717) is 5.41 Å². The van der Waals surface area contributed by atoms with Crippen LogP contribution in [0, 0.1) is 0 Å². The minimum atomic E-state index is 0.237. The van der Waals surface area contributed by atoms with Gasteiger partial charge in [-0.25, -0.2) is 0 Å². The van der Waals surface area contributed by atoms with Gasteiger partial charge in [0.25, 0.3) is 0 Å². The van der Waals surface area contributed by atoms with Gasteiger partial charge in [0.05, 0.1) is 0 Å². The molecule has 0 bridgehead atoms. The van der Waals surface area contributed by atoms with Crippen molar-refractivity contribution in [3.05, 3.63) is 34.4 Å². The summed E-state index contributed by atoms with van der Waals surface area (Å²) in [7, 11) is 2.28. The van der Waals surface area contributed by atoms with Gasteiger partial charge in [0.15, 0.2) is 0 Å². The number of rotatable bonds is 0. The van der Waals surface area contributed by atoms with Crippen molar-refractivity contribution in [3.8, 4) is 0 Å². The highest BCUT2D eigenvalue weighted by Gasteiger charge is 2.45. The van der Waals surface area contributed by atoms with Gasteiger partial charge in [0.1, 0.15) is 0 Å². The van der Waals surface area contributed by atoms with Crippen LogP contribution in [0.15, 0.2) is 12.1 Å². The van der Waals surface area contributed by atoms with Gasteiger partial charge in [-0.1, -0.05) is 53.7 Å². The predicted molar refractivity (Wildman–Crippen MR) is 101 cm³/mol. The second kappa shape index (κ2) is 5.34. The molecule has 1 aliphatic carbocycles. The molecule has 0 unspecified atom stereocenters. The quantitative estimate of drug-likeness (QED) is 0.637. The third-order valence-corrected chi connectivity index (χ3v) is 6.26. The summed E-state index contributed by atoms with van der Waals surface area (Å²) in [5, 5.41) is 0. The molecule has 2 aliphatic rings. The molecular weight excluding hydrogens is 278 g/mol. The lowest BCUT2D eigenvalue weighted by molar-refractivity contribution is 0.185. The normalized spacial score (nSPS) is 21.7. The Balaban J connectivity index is 2.20. The third-order valence-electron chi connectivity index (χ3n) is 6.26. The topological polar surface area (TPSA) is 3.24 Å². The molecule has 23 heavy (non-hydrogen) atoms. The Morgan fingerprint density at radius 1 is 0.826 bits per heavy atom. The maximum atomic E-state index is 2.51. The van der Waals surface area contributed by atoms with E-state index >= 15 is 0 Å². The summed E-state index contributed by atoms with van der Waals surface area (Å²) in [6.45, 7) is 16.8. The first kappa shape index (κ1) is 17.0. The van der Waals surface area contributed by atoms with Crippen LogP contribution < -0.4 is 0 Å². The summed E-state index contributed by atoms with van der Waals surface area (Å²) >= 11 is 0. The second-order valence-corrected chi connectivity index (χ2v) is 10.1. The highest BCUT2D eigenvalue weighted by Crippen LogP contribution is 2.52.